The molecular weight excluding hydrogens is 409 g/mol. The average molecular weight is 436 g/mol. The minimum Gasteiger partial charge on any atom is -0.355 e. The van der Waals surface area contributed by atoms with E-state index in [0.717, 1.165) is 17.7 Å². The molecule has 162 valence electrons. The van der Waals surface area contributed by atoms with E-state index in [2.05, 4.69) is 10.0 Å². The molecule has 0 radical (unpaired) electrons. The summed E-state index contributed by atoms with van der Waals surface area (Å²) in [5.74, 6) is -1.91. The fraction of sp³-hybridized carbons (Fsp3) is 0.333. The molecule has 0 aliphatic carbocycles. The van der Waals surface area contributed by atoms with Gasteiger partial charge in [-0.05, 0) is 35.7 Å². The van der Waals surface area contributed by atoms with Gasteiger partial charge in [0.25, 0.3) is 5.91 Å². The molecule has 2 amide bonds. The number of nitrogens with one attached hydrogen (secondary N) is 2. The summed E-state index contributed by atoms with van der Waals surface area (Å²) in [6.45, 7) is 3.63. The third kappa shape index (κ3) is 5.64. The number of benzene rings is 2. The Morgan fingerprint density at radius 3 is 2.20 bits per heavy atom. The molecule has 0 saturated carbocycles. The van der Waals surface area contributed by atoms with Gasteiger partial charge in [-0.25, -0.2) is 12.8 Å². The third-order valence-electron chi connectivity index (χ3n) is 4.58. The summed E-state index contributed by atoms with van der Waals surface area (Å²) in [6.07, 6.45) is 0. The lowest BCUT2D eigenvalue weighted by Gasteiger charge is -2.27. The average Bonchev–Trinajstić information content (AvgIpc) is 2.71. The van der Waals surface area contributed by atoms with Gasteiger partial charge in [-0.3, -0.25) is 9.59 Å². The number of hydrogen-bond acceptors (Lipinski definition) is 4. The zero-order valence-corrected chi connectivity index (χ0v) is 18.2. The molecule has 0 saturated heterocycles. The number of halogens is 1. The highest BCUT2D eigenvalue weighted by Gasteiger charge is 2.31. The maximum absolute atomic E-state index is 14.0. The highest BCUT2D eigenvalue weighted by Crippen LogP contribution is 2.17. The van der Waals surface area contributed by atoms with Crippen LogP contribution in [0.4, 0.5) is 4.39 Å². The lowest BCUT2D eigenvalue weighted by atomic mass is 10.0. The van der Waals surface area contributed by atoms with Crippen molar-refractivity contribution >= 4 is 21.8 Å². The molecule has 0 aliphatic heterocycles. The Hall–Kier alpha value is -2.78. The van der Waals surface area contributed by atoms with Crippen molar-refractivity contribution in [3.8, 4) is 0 Å². The van der Waals surface area contributed by atoms with Crippen molar-refractivity contribution < 1.29 is 22.4 Å². The standard InChI is InChI=1S/C21H26FN3O4S/c1-14(2)19(24-30(28,29)18-8-6-5-7-17(18)22)21(27)25(4)13-15-9-11-16(12-10-15)20(26)23-3/h5-12,14,19,24H,13H2,1-4H3,(H,23,26)/t19-/m0/s1. The highest BCUT2D eigenvalue weighted by atomic mass is 32.2. The predicted octanol–water partition coefficient (Wildman–Crippen LogP) is 2.15. The van der Waals surface area contributed by atoms with Crippen molar-refractivity contribution in [1.82, 2.24) is 14.9 Å². The molecule has 9 heteroatoms. The first-order chi connectivity index (χ1) is 14.1. The van der Waals surface area contributed by atoms with Gasteiger partial charge in [0.05, 0.1) is 0 Å². The number of carbonyl (C=O) groups excluding carboxylic acids is 2. The van der Waals surface area contributed by atoms with E-state index in [1.807, 2.05) is 0 Å². The molecule has 0 spiro atoms. The zero-order valence-electron chi connectivity index (χ0n) is 17.3. The molecule has 2 aromatic rings. The first-order valence-electron chi connectivity index (χ1n) is 9.39. The fourth-order valence-electron chi connectivity index (χ4n) is 2.86. The van der Waals surface area contributed by atoms with Crippen LogP contribution < -0.4 is 10.0 Å². The summed E-state index contributed by atoms with van der Waals surface area (Å²) < 4.78 is 41.5. The van der Waals surface area contributed by atoms with Crippen molar-refractivity contribution in [3.63, 3.8) is 0 Å². The third-order valence-corrected chi connectivity index (χ3v) is 6.05. The van der Waals surface area contributed by atoms with Gasteiger partial charge in [-0.1, -0.05) is 38.1 Å². The van der Waals surface area contributed by atoms with Gasteiger partial charge >= 0.3 is 0 Å². The molecule has 2 aromatic carbocycles. The van der Waals surface area contributed by atoms with E-state index < -0.39 is 32.7 Å². The second-order valence-electron chi connectivity index (χ2n) is 7.24. The number of carbonyl (C=O) groups is 2. The van der Waals surface area contributed by atoms with E-state index in [-0.39, 0.29) is 18.4 Å². The number of amides is 2. The number of nitrogens with zero attached hydrogens (tertiary/aromatic N) is 1. The van der Waals surface area contributed by atoms with Crippen LogP contribution in [0.1, 0.15) is 29.8 Å². The number of likely N-dealkylation sites (N-methyl/N-ethyl adjacent to an activating group) is 1. The Labute approximate surface area is 176 Å². The minimum atomic E-state index is -4.22. The zero-order chi connectivity index (χ0) is 22.5. The van der Waals surface area contributed by atoms with Crippen molar-refractivity contribution in [2.45, 2.75) is 31.3 Å². The monoisotopic (exact) mass is 435 g/mol. The molecule has 0 aliphatic rings. The van der Waals surface area contributed by atoms with Crippen LogP contribution in [0.25, 0.3) is 0 Å². The summed E-state index contributed by atoms with van der Waals surface area (Å²) in [4.78, 5) is 25.5. The van der Waals surface area contributed by atoms with Crippen molar-refractivity contribution in [3.05, 3.63) is 65.5 Å². The quantitative estimate of drug-likeness (QED) is 0.664. The van der Waals surface area contributed by atoms with E-state index >= 15 is 0 Å². The van der Waals surface area contributed by atoms with Crippen LogP contribution in [0.2, 0.25) is 0 Å². The van der Waals surface area contributed by atoms with E-state index in [0.29, 0.717) is 5.56 Å². The van der Waals surface area contributed by atoms with Crippen LogP contribution in [0.3, 0.4) is 0 Å². The van der Waals surface area contributed by atoms with Gasteiger partial charge in [-0.15, -0.1) is 0 Å². The summed E-state index contributed by atoms with van der Waals surface area (Å²) >= 11 is 0. The van der Waals surface area contributed by atoms with Crippen LogP contribution in [0, 0.1) is 11.7 Å². The molecule has 0 bridgehead atoms. The summed E-state index contributed by atoms with van der Waals surface area (Å²) in [7, 11) is -1.13. The van der Waals surface area contributed by atoms with Crippen LogP contribution in [-0.2, 0) is 21.4 Å². The summed E-state index contributed by atoms with van der Waals surface area (Å²) in [5, 5.41) is 2.53. The van der Waals surface area contributed by atoms with Gasteiger partial charge in [0, 0.05) is 26.2 Å². The first kappa shape index (κ1) is 23.5. The van der Waals surface area contributed by atoms with Gasteiger partial charge in [0.15, 0.2) is 0 Å². The Morgan fingerprint density at radius 1 is 1.07 bits per heavy atom. The molecule has 2 N–H and O–H groups in total. The second-order valence-corrected chi connectivity index (χ2v) is 8.93. The summed E-state index contributed by atoms with van der Waals surface area (Å²) in [5.41, 5.74) is 1.27. The molecule has 7 nitrogen and oxygen atoms in total. The maximum atomic E-state index is 14.0. The van der Waals surface area contributed by atoms with Gasteiger partial charge in [0.2, 0.25) is 15.9 Å². The first-order valence-corrected chi connectivity index (χ1v) is 10.9. The largest absolute Gasteiger partial charge is 0.355 e. The Kier molecular flexibility index (Phi) is 7.69. The van der Waals surface area contributed by atoms with Crippen molar-refractivity contribution in [2.75, 3.05) is 14.1 Å². The lowest BCUT2D eigenvalue weighted by molar-refractivity contribution is -0.133. The van der Waals surface area contributed by atoms with Gasteiger partial charge < -0.3 is 10.2 Å². The maximum Gasteiger partial charge on any atom is 0.251 e. The second kappa shape index (κ2) is 9.82. The molecular formula is C21H26FN3O4S. The Bertz CT molecular complexity index is 1010. The number of rotatable bonds is 8. The molecule has 30 heavy (non-hydrogen) atoms. The molecule has 0 fully saturated rings. The molecule has 0 aromatic heterocycles. The molecule has 0 heterocycles. The van der Waals surface area contributed by atoms with Crippen molar-refractivity contribution in [1.29, 1.82) is 0 Å². The predicted molar refractivity (Wildman–Crippen MR) is 112 cm³/mol. The Morgan fingerprint density at radius 2 is 1.67 bits per heavy atom. The topological polar surface area (TPSA) is 95.6 Å². The highest BCUT2D eigenvalue weighted by molar-refractivity contribution is 7.89. The van der Waals surface area contributed by atoms with Crippen LogP contribution in [0.15, 0.2) is 53.4 Å². The van der Waals surface area contributed by atoms with E-state index in [1.54, 1.807) is 45.2 Å². The van der Waals surface area contributed by atoms with E-state index in [4.69, 9.17) is 0 Å². The van der Waals surface area contributed by atoms with Gasteiger partial charge in [-0.2, -0.15) is 4.72 Å². The molecule has 1 atom stereocenters. The van der Waals surface area contributed by atoms with Crippen LogP contribution >= 0.6 is 0 Å². The fourth-order valence-corrected chi connectivity index (χ4v) is 4.28. The smallest absolute Gasteiger partial charge is 0.251 e. The normalized spacial score (nSPS) is 12.5. The lowest BCUT2D eigenvalue weighted by Crippen LogP contribution is -2.50. The molecule has 0 unspecified atom stereocenters. The minimum absolute atomic E-state index is 0.214. The van der Waals surface area contributed by atoms with Crippen LogP contribution in [-0.4, -0.2) is 45.3 Å². The summed E-state index contributed by atoms with van der Waals surface area (Å²) in [6, 6.07) is 10.7. The van der Waals surface area contributed by atoms with Crippen LogP contribution in [0.5, 0.6) is 0 Å². The Balaban J connectivity index is 2.16. The SMILES string of the molecule is CNC(=O)c1ccc(CN(C)C(=O)[C@@H](NS(=O)(=O)c2ccccc2F)C(C)C)cc1. The number of sulfonamides is 1. The van der Waals surface area contributed by atoms with Gasteiger partial charge in [0.1, 0.15) is 16.8 Å². The van der Waals surface area contributed by atoms with Crippen molar-refractivity contribution in [2.24, 2.45) is 5.92 Å². The number of hydrogen-bond donors (Lipinski definition) is 2. The van der Waals surface area contributed by atoms with E-state index in [1.165, 1.54) is 24.1 Å². The molecule has 2 rings (SSSR count). The van der Waals surface area contributed by atoms with E-state index in [9.17, 15) is 22.4 Å².